The van der Waals surface area contributed by atoms with E-state index in [-0.39, 0.29) is 17.5 Å². The van der Waals surface area contributed by atoms with Crippen molar-refractivity contribution in [2.45, 2.75) is 25.0 Å². The molecule has 0 atom stereocenters. The van der Waals surface area contributed by atoms with Gasteiger partial charge < -0.3 is 10.6 Å². The third-order valence-corrected chi connectivity index (χ3v) is 5.37. The molecule has 2 amide bonds. The molecule has 2 heterocycles. The molecule has 2 aromatic carbocycles. The van der Waals surface area contributed by atoms with E-state index in [4.69, 9.17) is 0 Å². The molecule has 4 rings (SSSR count). The number of carbonyl (C=O) groups excluding carboxylic acids is 2. The summed E-state index contributed by atoms with van der Waals surface area (Å²) in [4.78, 5) is 31.3. The van der Waals surface area contributed by atoms with Crippen molar-refractivity contribution in [3.63, 3.8) is 0 Å². The predicted octanol–water partition coefficient (Wildman–Crippen LogP) is 1.85. The number of piperidine rings is 1. The van der Waals surface area contributed by atoms with E-state index in [9.17, 15) is 14.0 Å². The molecule has 0 saturated carbocycles. The number of carbonyl (C=O) groups is 2. The molecule has 150 valence electrons. The van der Waals surface area contributed by atoms with Gasteiger partial charge in [-0.2, -0.15) is 0 Å². The summed E-state index contributed by atoms with van der Waals surface area (Å²) >= 11 is 0. The maximum Gasteiger partial charge on any atom is 0.272 e. The largest absolute Gasteiger partial charge is 0.351 e. The lowest BCUT2D eigenvalue weighted by atomic mass is 9.98. The minimum absolute atomic E-state index is 0.0239. The van der Waals surface area contributed by atoms with E-state index in [2.05, 4.69) is 20.5 Å². The van der Waals surface area contributed by atoms with E-state index in [1.807, 2.05) is 30.3 Å². The highest BCUT2D eigenvalue weighted by Gasteiger charge is 2.42. The highest BCUT2D eigenvalue weighted by atomic mass is 19.1. The molecule has 0 aliphatic carbocycles. The molecule has 0 unspecified atom stereocenters. The van der Waals surface area contributed by atoms with Gasteiger partial charge in [0.05, 0.1) is 6.54 Å². The van der Waals surface area contributed by atoms with Gasteiger partial charge in [0.25, 0.3) is 5.91 Å². The van der Waals surface area contributed by atoms with Crippen LogP contribution in [0.5, 0.6) is 0 Å². The summed E-state index contributed by atoms with van der Waals surface area (Å²) in [5, 5.41) is 5.90. The van der Waals surface area contributed by atoms with Crippen molar-refractivity contribution in [3.05, 3.63) is 71.5 Å². The summed E-state index contributed by atoms with van der Waals surface area (Å²) in [6.07, 6.45) is 1.23. The first kappa shape index (κ1) is 19.3. The van der Waals surface area contributed by atoms with E-state index in [0.717, 1.165) is 5.56 Å². The molecule has 6 nitrogen and oxygen atoms in total. The third-order valence-electron chi connectivity index (χ3n) is 5.37. The predicted molar refractivity (Wildman–Crippen MR) is 108 cm³/mol. The average molecular weight is 394 g/mol. The van der Waals surface area contributed by atoms with Gasteiger partial charge in [0.1, 0.15) is 17.2 Å². The lowest BCUT2D eigenvalue weighted by molar-refractivity contribution is -0.123. The van der Waals surface area contributed by atoms with Crippen molar-refractivity contribution in [2.24, 2.45) is 4.99 Å². The van der Waals surface area contributed by atoms with Crippen molar-refractivity contribution in [3.8, 4) is 0 Å². The van der Waals surface area contributed by atoms with Gasteiger partial charge in [0.15, 0.2) is 0 Å². The molecule has 0 radical (unpaired) electrons. The summed E-state index contributed by atoms with van der Waals surface area (Å²) in [6, 6.07) is 15.7. The Morgan fingerprint density at radius 2 is 1.90 bits per heavy atom. The summed E-state index contributed by atoms with van der Waals surface area (Å²) in [5.74, 6) is -0.691. The molecule has 2 aliphatic heterocycles. The zero-order valence-electron chi connectivity index (χ0n) is 16.0. The standard InChI is InChI=1S/C22H23FN4O2/c23-18-8-4-7-17(13-18)20-21(29)26-22(25-20)9-11-27(12-10-22)15-19(28)24-14-16-5-2-1-3-6-16/h1-8,13H,9-12,14-15H2,(H,24,28)(H,26,29). The third kappa shape index (κ3) is 4.51. The second kappa shape index (κ2) is 8.13. The molecule has 1 saturated heterocycles. The monoisotopic (exact) mass is 394 g/mol. The van der Waals surface area contributed by atoms with Crippen molar-refractivity contribution in [1.29, 1.82) is 0 Å². The average Bonchev–Trinajstić information content (AvgIpc) is 3.05. The van der Waals surface area contributed by atoms with Gasteiger partial charge >= 0.3 is 0 Å². The topological polar surface area (TPSA) is 73.8 Å². The van der Waals surface area contributed by atoms with Crippen LogP contribution in [0.4, 0.5) is 4.39 Å². The number of nitrogens with one attached hydrogen (secondary N) is 2. The van der Waals surface area contributed by atoms with Gasteiger partial charge in [-0.3, -0.25) is 19.5 Å². The maximum atomic E-state index is 13.5. The number of rotatable bonds is 5. The Kier molecular flexibility index (Phi) is 5.40. The summed E-state index contributed by atoms with van der Waals surface area (Å²) in [7, 11) is 0. The van der Waals surface area contributed by atoms with Crippen LogP contribution in [0.25, 0.3) is 0 Å². The number of hydrogen-bond acceptors (Lipinski definition) is 4. The number of aliphatic imine (C=N–C) groups is 1. The van der Waals surface area contributed by atoms with Crippen molar-refractivity contribution < 1.29 is 14.0 Å². The normalized spacial score (nSPS) is 18.4. The van der Waals surface area contributed by atoms with E-state index >= 15 is 0 Å². The van der Waals surface area contributed by atoms with E-state index in [1.165, 1.54) is 12.1 Å². The molecule has 29 heavy (non-hydrogen) atoms. The number of nitrogens with zero attached hydrogens (tertiary/aromatic N) is 2. The van der Waals surface area contributed by atoms with Crippen LogP contribution in [0.3, 0.4) is 0 Å². The maximum absolute atomic E-state index is 13.5. The van der Waals surface area contributed by atoms with Crippen molar-refractivity contribution >= 4 is 17.5 Å². The van der Waals surface area contributed by atoms with Crippen LogP contribution < -0.4 is 10.6 Å². The van der Waals surface area contributed by atoms with Crippen molar-refractivity contribution in [1.82, 2.24) is 15.5 Å². The molecule has 7 heteroatoms. The van der Waals surface area contributed by atoms with Crippen LogP contribution >= 0.6 is 0 Å². The fraction of sp³-hybridized carbons (Fsp3) is 0.318. The van der Waals surface area contributed by atoms with E-state index in [1.54, 1.807) is 12.1 Å². The van der Waals surface area contributed by atoms with Gasteiger partial charge in [-0.25, -0.2) is 4.39 Å². The number of amides is 2. The minimum Gasteiger partial charge on any atom is -0.351 e. The minimum atomic E-state index is -0.657. The van der Waals surface area contributed by atoms with Crippen LogP contribution in [-0.4, -0.2) is 47.7 Å². The Labute approximate surface area is 168 Å². The van der Waals surface area contributed by atoms with Crippen LogP contribution in [0.1, 0.15) is 24.0 Å². The van der Waals surface area contributed by atoms with Crippen LogP contribution in [0.2, 0.25) is 0 Å². The van der Waals surface area contributed by atoms with Crippen molar-refractivity contribution in [2.75, 3.05) is 19.6 Å². The molecule has 2 aromatic rings. The number of hydrogen-bond donors (Lipinski definition) is 2. The van der Waals surface area contributed by atoms with E-state index < -0.39 is 11.5 Å². The second-order valence-corrected chi connectivity index (χ2v) is 7.49. The first-order chi connectivity index (χ1) is 14.0. The fourth-order valence-electron chi connectivity index (χ4n) is 3.77. The van der Waals surface area contributed by atoms with Crippen LogP contribution in [-0.2, 0) is 16.1 Å². The number of likely N-dealkylation sites (tertiary alicyclic amines) is 1. The highest BCUT2D eigenvalue weighted by Crippen LogP contribution is 2.28. The highest BCUT2D eigenvalue weighted by molar-refractivity contribution is 6.46. The van der Waals surface area contributed by atoms with Crippen LogP contribution in [0, 0.1) is 5.82 Å². The van der Waals surface area contributed by atoms with Gasteiger partial charge in [0.2, 0.25) is 5.91 Å². The van der Waals surface area contributed by atoms with Gasteiger partial charge in [0, 0.05) is 38.0 Å². The Morgan fingerprint density at radius 3 is 2.62 bits per heavy atom. The SMILES string of the molecule is O=C(CN1CCC2(CC1)N=C(c1cccc(F)c1)C(=O)N2)NCc1ccccc1. The summed E-state index contributed by atoms with van der Waals surface area (Å²) in [5.41, 5.74) is 1.17. The molecule has 0 aromatic heterocycles. The van der Waals surface area contributed by atoms with Gasteiger partial charge in [-0.05, 0) is 17.7 Å². The Morgan fingerprint density at radius 1 is 1.14 bits per heavy atom. The molecular weight excluding hydrogens is 371 g/mol. The number of halogens is 1. The molecular formula is C22H23FN4O2. The first-order valence-corrected chi connectivity index (χ1v) is 9.74. The molecule has 2 N–H and O–H groups in total. The first-order valence-electron chi connectivity index (χ1n) is 9.74. The molecule has 1 fully saturated rings. The summed E-state index contributed by atoms with van der Waals surface area (Å²) in [6.45, 7) is 2.13. The van der Waals surface area contributed by atoms with E-state index in [0.29, 0.717) is 44.6 Å². The lowest BCUT2D eigenvalue weighted by Gasteiger charge is -2.36. The zero-order valence-corrected chi connectivity index (χ0v) is 16.0. The quantitative estimate of drug-likeness (QED) is 0.813. The second-order valence-electron chi connectivity index (χ2n) is 7.49. The summed E-state index contributed by atoms with van der Waals surface area (Å²) < 4.78 is 13.5. The van der Waals surface area contributed by atoms with Gasteiger partial charge in [-0.15, -0.1) is 0 Å². The number of benzene rings is 2. The fourth-order valence-corrected chi connectivity index (χ4v) is 3.77. The lowest BCUT2D eigenvalue weighted by Crippen LogP contribution is -2.52. The zero-order chi connectivity index (χ0) is 20.3. The molecule has 1 spiro atoms. The van der Waals surface area contributed by atoms with Gasteiger partial charge in [-0.1, -0.05) is 42.5 Å². The Hall–Kier alpha value is -3.06. The van der Waals surface area contributed by atoms with Crippen LogP contribution in [0.15, 0.2) is 59.6 Å². The molecule has 0 bridgehead atoms. The Bertz CT molecular complexity index is 937. The smallest absolute Gasteiger partial charge is 0.272 e. The molecule has 2 aliphatic rings. The Balaban J connectivity index is 1.32.